The molecule has 1 aliphatic carbocycles. The van der Waals surface area contributed by atoms with Crippen LogP contribution >= 0.6 is 31.9 Å². The molecule has 2 atom stereocenters. The molecule has 0 spiro atoms. The van der Waals surface area contributed by atoms with Gasteiger partial charge in [-0.2, -0.15) is 0 Å². The monoisotopic (exact) mass is 240 g/mol. The van der Waals surface area contributed by atoms with Gasteiger partial charge in [0.15, 0.2) is 0 Å². The predicted octanol–water partition coefficient (Wildman–Crippen LogP) is 2.94. The second-order valence-electron chi connectivity index (χ2n) is 2.48. The molecule has 0 aromatic heterocycles. The molecule has 0 saturated heterocycles. The SMILES string of the molecule is CCC1CC1(Br)CBr. The predicted molar refractivity (Wildman–Crippen MR) is 43.9 cm³/mol. The van der Waals surface area contributed by atoms with Gasteiger partial charge < -0.3 is 0 Å². The molecule has 48 valence electrons. The van der Waals surface area contributed by atoms with E-state index in [1.807, 2.05) is 0 Å². The average molecular weight is 242 g/mol. The first-order valence-electron chi connectivity index (χ1n) is 2.98. The van der Waals surface area contributed by atoms with Gasteiger partial charge in [-0.3, -0.25) is 0 Å². The van der Waals surface area contributed by atoms with Gasteiger partial charge in [0.2, 0.25) is 0 Å². The summed E-state index contributed by atoms with van der Waals surface area (Å²) in [7, 11) is 0. The molecular weight excluding hydrogens is 232 g/mol. The van der Waals surface area contributed by atoms with Crippen molar-refractivity contribution >= 4 is 31.9 Å². The molecule has 8 heavy (non-hydrogen) atoms. The second kappa shape index (κ2) is 2.30. The lowest BCUT2D eigenvalue weighted by Gasteiger charge is -1.99. The fourth-order valence-corrected chi connectivity index (χ4v) is 2.43. The van der Waals surface area contributed by atoms with Gasteiger partial charge in [-0.15, -0.1) is 0 Å². The minimum atomic E-state index is 0.488. The van der Waals surface area contributed by atoms with E-state index in [1.54, 1.807) is 0 Å². The van der Waals surface area contributed by atoms with Crippen LogP contribution in [0, 0.1) is 5.92 Å². The Bertz CT molecular complexity index is 92.5. The molecule has 0 aliphatic heterocycles. The van der Waals surface area contributed by atoms with Crippen molar-refractivity contribution in [3.8, 4) is 0 Å². The van der Waals surface area contributed by atoms with Gasteiger partial charge in [-0.1, -0.05) is 45.2 Å². The Labute approximate surface area is 67.3 Å². The van der Waals surface area contributed by atoms with Crippen LogP contribution in [0.25, 0.3) is 0 Å². The third-order valence-electron chi connectivity index (χ3n) is 1.87. The Balaban J connectivity index is 2.31. The summed E-state index contributed by atoms with van der Waals surface area (Å²) in [4.78, 5) is 0. The van der Waals surface area contributed by atoms with Gasteiger partial charge in [0.1, 0.15) is 0 Å². The van der Waals surface area contributed by atoms with E-state index < -0.39 is 0 Å². The highest BCUT2D eigenvalue weighted by Gasteiger charge is 2.49. The second-order valence-corrected chi connectivity index (χ2v) is 4.62. The molecule has 0 heterocycles. The maximum Gasteiger partial charge on any atom is 0.0386 e. The Hall–Kier alpha value is 0.960. The van der Waals surface area contributed by atoms with Gasteiger partial charge in [-0.05, 0) is 12.3 Å². The van der Waals surface area contributed by atoms with Crippen molar-refractivity contribution in [1.82, 2.24) is 0 Å². The quantitative estimate of drug-likeness (QED) is 0.653. The minimum Gasteiger partial charge on any atom is -0.0913 e. The highest BCUT2D eigenvalue weighted by molar-refractivity contribution is 9.12. The van der Waals surface area contributed by atoms with Crippen molar-refractivity contribution in [3.05, 3.63) is 0 Å². The molecule has 2 heteroatoms. The van der Waals surface area contributed by atoms with Gasteiger partial charge >= 0.3 is 0 Å². The summed E-state index contributed by atoms with van der Waals surface area (Å²) < 4.78 is 0.488. The molecule has 0 radical (unpaired) electrons. The summed E-state index contributed by atoms with van der Waals surface area (Å²) in [5.41, 5.74) is 0. The highest BCUT2D eigenvalue weighted by Crippen LogP contribution is 2.53. The third kappa shape index (κ3) is 1.10. The normalized spacial score (nSPS) is 44.6. The molecule has 1 rings (SSSR count). The zero-order valence-electron chi connectivity index (χ0n) is 4.95. The molecule has 1 fully saturated rings. The lowest BCUT2D eigenvalue weighted by molar-refractivity contribution is 0.760. The van der Waals surface area contributed by atoms with Crippen LogP contribution < -0.4 is 0 Å². The Kier molecular flexibility index (Phi) is 2.03. The lowest BCUT2D eigenvalue weighted by Crippen LogP contribution is -2.01. The smallest absolute Gasteiger partial charge is 0.0386 e. The molecule has 0 nitrogen and oxygen atoms in total. The van der Waals surface area contributed by atoms with Gasteiger partial charge in [-0.25, -0.2) is 0 Å². The molecule has 1 saturated carbocycles. The van der Waals surface area contributed by atoms with Crippen molar-refractivity contribution in [1.29, 1.82) is 0 Å². The fourth-order valence-electron chi connectivity index (χ4n) is 1.02. The maximum atomic E-state index is 3.67. The average Bonchev–Trinajstić information content (AvgIpc) is 2.44. The standard InChI is InChI=1S/C6H10Br2/c1-2-5-3-6(5,8)4-7/h5H,2-4H2,1H3. The number of alkyl halides is 2. The molecule has 2 unspecified atom stereocenters. The first kappa shape index (κ1) is 7.07. The van der Waals surface area contributed by atoms with Gasteiger partial charge in [0.25, 0.3) is 0 Å². The number of halogens is 2. The van der Waals surface area contributed by atoms with Crippen LogP contribution in [0.4, 0.5) is 0 Å². The van der Waals surface area contributed by atoms with E-state index in [0.717, 1.165) is 11.2 Å². The molecule has 0 aromatic carbocycles. The Morgan fingerprint density at radius 2 is 2.38 bits per heavy atom. The largest absolute Gasteiger partial charge is 0.0913 e. The van der Waals surface area contributed by atoms with Crippen molar-refractivity contribution in [3.63, 3.8) is 0 Å². The van der Waals surface area contributed by atoms with Crippen molar-refractivity contribution in [2.45, 2.75) is 24.1 Å². The zero-order chi connectivity index (χ0) is 6.20. The lowest BCUT2D eigenvalue weighted by atomic mass is 10.3. The van der Waals surface area contributed by atoms with Crippen LogP contribution in [0.5, 0.6) is 0 Å². The van der Waals surface area contributed by atoms with Crippen LogP contribution in [-0.2, 0) is 0 Å². The van der Waals surface area contributed by atoms with Crippen LogP contribution in [-0.4, -0.2) is 9.65 Å². The van der Waals surface area contributed by atoms with E-state index in [0.29, 0.717) is 4.32 Å². The first-order valence-corrected chi connectivity index (χ1v) is 4.89. The van der Waals surface area contributed by atoms with Crippen LogP contribution in [0.1, 0.15) is 19.8 Å². The van der Waals surface area contributed by atoms with Crippen LogP contribution in [0.3, 0.4) is 0 Å². The Morgan fingerprint density at radius 3 is 2.50 bits per heavy atom. The molecular formula is C6H10Br2. The van der Waals surface area contributed by atoms with Gasteiger partial charge in [0.05, 0.1) is 0 Å². The van der Waals surface area contributed by atoms with Crippen molar-refractivity contribution in [2.75, 3.05) is 5.33 Å². The van der Waals surface area contributed by atoms with E-state index in [-0.39, 0.29) is 0 Å². The maximum absolute atomic E-state index is 3.67. The number of hydrogen-bond donors (Lipinski definition) is 0. The molecule has 0 bridgehead atoms. The fraction of sp³-hybridized carbons (Fsp3) is 1.00. The van der Waals surface area contributed by atoms with E-state index >= 15 is 0 Å². The minimum absolute atomic E-state index is 0.488. The summed E-state index contributed by atoms with van der Waals surface area (Å²) >= 11 is 7.13. The summed E-state index contributed by atoms with van der Waals surface area (Å²) in [6, 6.07) is 0. The topological polar surface area (TPSA) is 0 Å². The molecule has 0 amide bonds. The summed E-state index contributed by atoms with van der Waals surface area (Å²) in [6.07, 6.45) is 2.67. The van der Waals surface area contributed by atoms with E-state index in [1.165, 1.54) is 12.8 Å². The zero-order valence-corrected chi connectivity index (χ0v) is 8.13. The number of rotatable bonds is 2. The van der Waals surface area contributed by atoms with E-state index in [4.69, 9.17) is 0 Å². The summed E-state index contributed by atoms with van der Waals surface area (Å²) in [5.74, 6) is 0.932. The number of hydrogen-bond acceptors (Lipinski definition) is 0. The molecule has 1 aliphatic rings. The van der Waals surface area contributed by atoms with Crippen LogP contribution in [0.15, 0.2) is 0 Å². The molecule has 0 N–H and O–H groups in total. The van der Waals surface area contributed by atoms with Gasteiger partial charge in [0, 0.05) is 9.65 Å². The van der Waals surface area contributed by atoms with E-state index in [2.05, 4.69) is 38.8 Å². The highest BCUT2D eigenvalue weighted by atomic mass is 79.9. The van der Waals surface area contributed by atoms with Crippen LogP contribution in [0.2, 0.25) is 0 Å². The third-order valence-corrected chi connectivity index (χ3v) is 4.88. The van der Waals surface area contributed by atoms with Crippen molar-refractivity contribution < 1.29 is 0 Å². The molecule has 0 aromatic rings. The van der Waals surface area contributed by atoms with Crippen molar-refractivity contribution in [2.24, 2.45) is 5.92 Å². The first-order chi connectivity index (χ1) is 3.73. The summed E-state index contributed by atoms with van der Waals surface area (Å²) in [6.45, 7) is 2.25. The Morgan fingerprint density at radius 1 is 1.75 bits per heavy atom. The summed E-state index contributed by atoms with van der Waals surface area (Å²) in [5, 5.41) is 1.11. The van der Waals surface area contributed by atoms with E-state index in [9.17, 15) is 0 Å².